The van der Waals surface area contributed by atoms with Crippen molar-refractivity contribution < 1.29 is 14.1 Å². The summed E-state index contributed by atoms with van der Waals surface area (Å²) in [5.41, 5.74) is -0.306. The summed E-state index contributed by atoms with van der Waals surface area (Å²) in [6.45, 7) is 3.76. The van der Waals surface area contributed by atoms with Gasteiger partial charge in [-0.2, -0.15) is 0 Å². The van der Waals surface area contributed by atoms with Gasteiger partial charge in [0.25, 0.3) is 0 Å². The molecule has 1 fully saturated rings. The lowest BCUT2D eigenvalue weighted by atomic mass is 9.87. The summed E-state index contributed by atoms with van der Waals surface area (Å²) >= 11 is 0. The first-order valence-corrected chi connectivity index (χ1v) is 6.89. The highest BCUT2D eigenvalue weighted by molar-refractivity contribution is 5.94. The average molecular weight is 279 g/mol. The smallest absolute Gasteiger partial charge is 0.245 e. The zero-order valence-electron chi connectivity index (χ0n) is 12.2. The number of likely N-dealkylation sites (N-methyl/N-ethyl adjacent to an activating group) is 1. The van der Waals surface area contributed by atoms with Gasteiger partial charge in [-0.05, 0) is 19.8 Å². The summed E-state index contributed by atoms with van der Waals surface area (Å²) in [5, 5.41) is 6.30. The van der Waals surface area contributed by atoms with Gasteiger partial charge in [-0.3, -0.25) is 9.59 Å². The first kappa shape index (κ1) is 14.6. The van der Waals surface area contributed by atoms with E-state index >= 15 is 0 Å². The van der Waals surface area contributed by atoms with Gasteiger partial charge in [-0.25, -0.2) is 0 Å². The third-order valence-corrected chi connectivity index (χ3v) is 3.85. The van der Waals surface area contributed by atoms with Gasteiger partial charge in [-0.15, -0.1) is 0 Å². The van der Waals surface area contributed by atoms with E-state index in [0.717, 1.165) is 25.7 Å². The Balaban J connectivity index is 1.88. The van der Waals surface area contributed by atoms with Crippen molar-refractivity contribution in [2.45, 2.75) is 39.5 Å². The Morgan fingerprint density at radius 2 is 2.10 bits per heavy atom. The highest BCUT2D eigenvalue weighted by atomic mass is 16.5. The van der Waals surface area contributed by atoms with Crippen LogP contribution in [0.5, 0.6) is 0 Å². The summed E-state index contributed by atoms with van der Waals surface area (Å²) in [7, 11) is 1.67. The number of aromatic nitrogens is 1. The Kier molecular flexibility index (Phi) is 4.11. The van der Waals surface area contributed by atoms with Crippen LogP contribution in [0, 0.1) is 12.3 Å². The van der Waals surface area contributed by atoms with Crippen molar-refractivity contribution in [3.8, 4) is 0 Å². The van der Waals surface area contributed by atoms with E-state index in [-0.39, 0.29) is 23.8 Å². The van der Waals surface area contributed by atoms with E-state index in [4.69, 9.17) is 4.52 Å². The number of anilines is 1. The number of nitrogens with one attached hydrogen (secondary N) is 1. The van der Waals surface area contributed by atoms with E-state index in [1.54, 1.807) is 20.0 Å². The zero-order chi connectivity index (χ0) is 14.8. The highest BCUT2D eigenvalue weighted by Gasteiger charge is 2.38. The van der Waals surface area contributed by atoms with Crippen LogP contribution in [-0.2, 0) is 9.59 Å². The van der Waals surface area contributed by atoms with Gasteiger partial charge >= 0.3 is 0 Å². The highest BCUT2D eigenvalue weighted by Crippen LogP contribution is 2.38. The van der Waals surface area contributed by atoms with Crippen LogP contribution in [0.2, 0.25) is 0 Å². The quantitative estimate of drug-likeness (QED) is 0.914. The predicted molar refractivity (Wildman–Crippen MR) is 74.1 cm³/mol. The minimum atomic E-state index is -0.306. The average Bonchev–Trinajstić information content (AvgIpc) is 2.98. The molecule has 0 radical (unpaired) electrons. The molecule has 6 nitrogen and oxygen atoms in total. The summed E-state index contributed by atoms with van der Waals surface area (Å²) in [4.78, 5) is 25.7. The monoisotopic (exact) mass is 279 g/mol. The molecule has 0 unspecified atom stereocenters. The van der Waals surface area contributed by atoms with Gasteiger partial charge in [0.1, 0.15) is 5.76 Å². The topological polar surface area (TPSA) is 75.4 Å². The second kappa shape index (κ2) is 5.64. The third-order valence-electron chi connectivity index (χ3n) is 3.85. The Bertz CT molecular complexity index is 504. The first-order chi connectivity index (χ1) is 9.40. The number of hydrogen-bond donors (Lipinski definition) is 1. The molecular formula is C14H21N3O3. The normalized spacial score (nSPS) is 16.9. The molecule has 1 N–H and O–H groups in total. The number of hydrogen-bond acceptors (Lipinski definition) is 4. The van der Waals surface area contributed by atoms with Crippen LogP contribution in [0.25, 0.3) is 0 Å². The van der Waals surface area contributed by atoms with Crippen LogP contribution >= 0.6 is 0 Å². The molecule has 1 aliphatic rings. The van der Waals surface area contributed by atoms with E-state index in [1.807, 2.05) is 6.92 Å². The van der Waals surface area contributed by atoms with Crippen molar-refractivity contribution in [3.63, 3.8) is 0 Å². The molecule has 110 valence electrons. The lowest BCUT2D eigenvalue weighted by Crippen LogP contribution is -2.42. The van der Waals surface area contributed by atoms with Gasteiger partial charge in [0.2, 0.25) is 11.8 Å². The molecule has 1 aromatic rings. The minimum Gasteiger partial charge on any atom is -0.360 e. The van der Waals surface area contributed by atoms with Gasteiger partial charge < -0.3 is 14.7 Å². The Labute approximate surface area is 118 Å². The van der Waals surface area contributed by atoms with Gasteiger partial charge in [0.15, 0.2) is 5.82 Å². The SMILES string of the molecule is Cc1cc(NC(=O)CN(C)C(=O)C2(C)CCCC2)no1. The van der Waals surface area contributed by atoms with E-state index in [2.05, 4.69) is 10.5 Å². The molecule has 1 aliphatic carbocycles. The lowest BCUT2D eigenvalue weighted by Gasteiger charge is -2.28. The van der Waals surface area contributed by atoms with Crippen molar-refractivity contribution >= 4 is 17.6 Å². The van der Waals surface area contributed by atoms with Crippen LogP contribution in [0.4, 0.5) is 5.82 Å². The maximum atomic E-state index is 12.4. The second-order valence-corrected chi connectivity index (χ2v) is 5.80. The number of aryl methyl sites for hydroxylation is 1. The standard InChI is InChI=1S/C14H21N3O3/c1-10-8-11(16-20-10)15-12(18)9-17(3)13(19)14(2)6-4-5-7-14/h8H,4-7,9H2,1-3H3,(H,15,16,18). The maximum absolute atomic E-state index is 12.4. The zero-order valence-corrected chi connectivity index (χ0v) is 12.2. The molecule has 0 aliphatic heterocycles. The minimum absolute atomic E-state index is 0.0281. The number of carbonyl (C=O) groups is 2. The Morgan fingerprint density at radius 1 is 1.45 bits per heavy atom. The molecule has 0 saturated heterocycles. The number of amides is 2. The van der Waals surface area contributed by atoms with Crippen LogP contribution < -0.4 is 5.32 Å². The van der Waals surface area contributed by atoms with E-state index in [0.29, 0.717) is 11.6 Å². The summed E-state index contributed by atoms with van der Waals surface area (Å²) in [6, 6.07) is 1.64. The van der Waals surface area contributed by atoms with Crippen LogP contribution in [-0.4, -0.2) is 35.5 Å². The van der Waals surface area contributed by atoms with Crippen LogP contribution in [0.15, 0.2) is 10.6 Å². The Hall–Kier alpha value is -1.85. The Morgan fingerprint density at radius 3 is 2.65 bits per heavy atom. The molecular weight excluding hydrogens is 258 g/mol. The molecule has 1 aromatic heterocycles. The van der Waals surface area contributed by atoms with Crippen LogP contribution in [0.1, 0.15) is 38.4 Å². The van der Waals surface area contributed by atoms with Crippen molar-refractivity contribution in [1.82, 2.24) is 10.1 Å². The third kappa shape index (κ3) is 3.18. The number of carbonyl (C=O) groups excluding carboxylic acids is 2. The molecule has 0 bridgehead atoms. The molecule has 1 saturated carbocycles. The summed E-state index contributed by atoms with van der Waals surface area (Å²) < 4.78 is 4.87. The first-order valence-electron chi connectivity index (χ1n) is 6.89. The largest absolute Gasteiger partial charge is 0.360 e. The van der Waals surface area contributed by atoms with Gasteiger partial charge in [-0.1, -0.05) is 24.9 Å². The molecule has 1 heterocycles. The number of nitrogens with zero attached hydrogens (tertiary/aromatic N) is 2. The van der Waals surface area contributed by atoms with E-state index < -0.39 is 0 Å². The van der Waals surface area contributed by atoms with Crippen molar-refractivity contribution in [2.24, 2.45) is 5.41 Å². The van der Waals surface area contributed by atoms with Gasteiger partial charge in [0, 0.05) is 18.5 Å². The molecule has 6 heteroatoms. The second-order valence-electron chi connectivity index (χ2n) is 5.80. The van der Waals surface area contributed by atoms with E-state index in [9.17, 15) is 9.59 Å². The molecule has 0 aromatic carbocycles. The fourth-order valence-corrected chi connectivity index (χ4v) is 2.72. The fraction of sp³-hybridized carbons (Fsp3) is 0.643. The fourth-order valence-electron chi connectivity index (χ4n) is 2.72. The molecule has 20 heavy (non-hydrogen) atoms. The molecule has 0 spiro atoms. The summed E-state index contributed by atoms with van der Waals surface area (Å²) in [5.74, 6) is 0.779. The lowest BCUT2D eigenvalue weighted by molar-refractivity contribution is -0.141. The number of rotatable bonds is 4. The molecule has 2 rings (SSSR count). The van der Waals surface area contributed by atoms with Crippen molar-refractivity contribution in [2.75, 3.05) is 18.9 Å². The van der Waals surface area contributed by atoms with Crippen LogP contribution in [0.3, 0.4) is 0 Å². The van der Waals surface area contributed by atoms with Crippen molar-refractivity contribution in [3.05, 3.63) is 11.8 Å². The van der Waals surface area contributed by atoms with E-state index in [1.165, 1.54) is 4.90 Å². The van der Waals surface area contributed by atoms with Crippen molar-refractivity contribution in [1.29, 1.82) is 0 Å². The molecule has 0 atom stereocenters. The predicted octanol–water partition coefficient (Wildman–Crippen LogP) is 1.96. The van der Waals surface area contributed by atoms with Gasteiger partial charge in [0.05, 0.1) is 6.54 Å². The summed E-state index contributed by atoms with van der Waals surface area (Å²) in [6.07, 6.45) is 3.97. The maximum Gasteiger partial charge on any atom is 0.245 e. The molecule has 2 amide bonds.